The quantitative estimate of drug-likeness (QED) is 0.529. The number of amides is 1. The number of carbonyl (C=O) groups is 1. The SMILES string of the molecule is COc1ccc(OC)c(NC(=O)c2ccc(Cn3cnc4ccccc4c3=O)o2)c1. The summed E-state index contributed by atoms with van der Waals surface area (Å²) in [6.45, 7) is 0.159. The molecule has 0 aliphatic rings. The maximum Gasteiger partial charge on any atom is 0.291 e. The van der Waals surface area contributed by atoms with Crippen LogP contribution in [0.1, 0.15) is 16.3 Å². The number of nitrogens with zero attached hydrogens (tertiary/aromatic N) is 2. The van der Waals surface area contributed by atoms with E-state index < -0.39 is 5.91 Å². The van der Waals surface area contributed by atoms with Gasteiger partial charge >= 0.3 is 0 Å². The lowest BCUT2D eigenvalue weighted by Gasteiger charge is -2.11. The molecule has 2 aromatic heterocycles. The molecule has 8 heteroatoms. The van der Waals surface area contributed by atoms with Gasteiger partial charge in [0.15, 0.2) is 5.76 Å². The van der Waals surface area contributed by atoms with Crippen LogP contribution in [0.25, 0.3) is 10.9 Å². The molecule has 152 valence electrons. The Hall–Kier alpha value is -4.07. The van der Waals surface area contributed by atoms with E-state index in [0.717, 1.165) is 0 Å². The highest BCUT2D eigenvalue weighted by Crippen LogP contribution is 2.29. The van der Waals surface area contributed by atoms with E-state index in [1.807, 2.05) is 6.07 Å². The summed E-state index contributed by atoms with van der Waals surface area (Å²) < 4.78 is 17.5. The molecule has 0 saturated heterocycles. The maximum atomic E-state index is 12.6. The molecule has 0 spiro atoms. The highest BCUT2D eigenvalue weighted by atomic mass is 16.5. The zero-order valence-corrected chi connectivity index (χ0v) is 16.4. The predicted octanol–water partition coefficient (Wildman–Crippen LogP) is 3.31. The van der Waals surface area contributed by atoms with Gasteiger partial charge in [-0.05, 0) is 36.4 Å². The first-order chi connectivity index (χ1) is 14.6. The van der Waals surface area contributed by atoms with Crippen LogP contribution >= 0.6 is 0 Å². The predicted molar refractivity (Wildman–Crippen MR) is 111 cm³/mol. The molecule has 0 saturated carbocycles. The largest absolute Gasteiger partial charge is 0.497 e. The van der Waals surface area contributed by atoms with Crippen molar-refractivity contribution in [1.29, 1.82) is 0 Å². The average molecular weight is 405 g/mol. The minimum absolute atomic E-state index is 0.108. The summed E-state index contributed by atoms with van der Waals surface area (Å²) in [5, 5.41) is 3.27. The van der Waals surface area contributed by atoms with Gasteiger partial charge in [0.1, 0.15) is 17.3 Å². The molecule has 0 unspecified atom stereocenters. The maximum absolute atomic E-state index is 12.6. The summed E-state index contributed by atoms with van der Waals surface area (Å²) in [5.41, 5.74) is 0.907. The Balaban J connectivity index is 1.54. The molecule has 1 amide bonds. The van der Waals surface area contributed by atoms with Crippen molar-refractivity contribution >= 4 is 22.5 Å². The Morgan fingerprint density at radius 1 is 1.10 bits per heavy atom. The molecule has 1 N–H and O–H groups in total. The molecular formula is C22H19N3O5. The van der Waals surface area contributed by atoms with E-state index >= 15 is 0 Å². The topological polar surface area (TPSA) is 95.6 Å². The Morgan fingerprint density at radius 3 is 2.73 bits per heavy atom. The first-order valence-electron chi connectivity index (χ1n) is 9.15. The van der Waals surface area contributed by atoms with Gasteiger partial charge in [-0.3, -0.25) is 14.2 Å². The van der Waals surface area contributed by atoms with E-state index in [1.165, 1.54) is 25.1 Å². The van der Waals surface area contributed by atoms with Crippen LogP contribution in [0.2, 0.25) is 0 Å². The molecule has 0 bridgehead atoms. The number of hydrogen-bond acceptors (Lipinski definition) is 6. The summed E-state index contributed by atoms with van der Waals surface area (Å²) in [6, 6.07) is 15.4. The van der Waals surface area contributed by atoms with Crippen molar-refractivity contribution in [3.05, 3.63) is 82.8 Å². The summed E-state index contributed by atoms with van der Waals surface area (Å²) in [6.07, 6.45) is 1.47. The van der Waals surface area contributed by atoms with Gasteiger partial charge < -0.3 is 19.2 Å². The number of para-hydroxylation sites is 1. The minimum Gasteiger partial charge on any atom is -0.497 e. The third-order valence-corrected chi connectivity index (χ3v) is 4.60. The van der Waals surface area contributed by atoms with Crippen molar-refractivity contribution in [2.24, 2.45) is 0 Å². The number of benzene rings is 2. The zero-order valence-electron chi connectivity index (χ0n) is 16.4. The van der Waals surface area contributed by atoms with Crippen molar-refractivity contribution in [3.8, 4) is 11.5 Å². The standard InChI is InChI=1S/C22H19N3O5/c1-28-14-7-9-19(29-2)18(11-14)24-21(26)20-10-8-15(30-20)12-25-13-23-17-6-4-3-5-16(17)22(25)27/h3-11,13H,12H2,1-2H3,(H,24,26). The van der Waals surface area contributed by atoms with Gasteiger partial charge in [-0.2, -0.15) is 0 Å². The number of carbonyl (C=O) groups excluding carboxylic acids is 1. The number of hydrogen-bond donors (Lipinski definition) is 1. The molecule has 0 atom stereocenters. The molecule has 0 aliphatic carbocycles. The van der Waals surface area contributed by atoms with Gasteiger partial charge in [-0.15, -0.1) is 0 Å². The van der Waals surface area contributed by atoms with Crippen LogP contribution in [-0.2, 0) is 6.54 Å². The van der Waals surface area contributed by atoms with Gasteiger partial charge in [0, 0.05) is 6.07 Å². The highest BCUT2D eigenvalue weighted by Gasteiger charge is 2.15. The number of fused-ring (bicyclic) bond motifs is 1. The number of ether oxygens (including phenoxy) is 2. The summed E-state index contributed by atoms with van der Waals surface area (Å²) >= 11 is 0. The Morgan fingerprint density at radius 2 is 1.93 bits per heavy atom. The van der Waals surface area contributed by atoms with E-state index in [-0.39, 0.29) is 17.9 Å². The highest BCUT2D eigenvalue weighted by molar-refractivity contribution is 6.03. The average Bonchev–Trinajstić information content (AvgIpc) is 3.24. The number of furan rings is 1. The molecule has 0 radical (unpaired) electrons. The molecule has 2 aromatic carbocycles. The number of aromatic nitrogens is 2. The number of rotatable bonds is 6. The van der Waals surface area contributed by atoms with E-state index in [4.69, 9.17) is 13.9 Å². The summed E-state index contributed by atoms with van der Waals surface area (Å²) in [7, 11) is 3.05. The minimum atomic E-state index is -0.447. The van der Waals surface area contributed by atoms with Gasteiger partial charge in [0.2, 0.25) is 0 Å². The lowest BCUT2D eigenvalue weighted by atomic mass is 10.2. The molecule has 2 heterocycles. The van der Waals surface area contributed by atoms with Gasteiger partial charge in [0.25, 0.3) is 11.5 Å². The van der Waals surface area contributed by atoms with Crippen molar-refractivity contribution in [1.82, 2.24) is 9.55 Å². The molecular weight excluding hydrogens is 386 g/mol. The van der Waals surface area contributed by atoms with Crippen molar-refractivity contribution in [2.45, 2.75) is 6.54 Å². The number of nitrogens with one attached hydrogen (secondary N) is 1. The first kappa shape index (κ1) is 19.3. The second kappa shape index (κ2) is 8.12. The van der Waals surface area contributed by atoms with Crippen LogP contribution in [0.4, 0.5) is 5.69 Å². The second-order valence-electron chi connectivity index (χ2n) is 6.48. The fourth-order valence-corrected chi connectivity index (χ4v) is 3.07. The van der Waals surface area contributed by atoms with Crippen LogP contribution in [0.3, 0.4) is 0 Å². The van der Waals surface area contributed by atoms with E-state index in [0.29, 0.717) is 33.8 Å². The van der Waals surface area contributed by atoms with E-state index in [9.17, 15) is 9.59 Å². The van der Waals surface area contributed by atoms with Crippen LogP contribution < -0.4 is 20.3 Å². The second-order valence-corrected chi connectivity index (χ2v) is 6.48. The molecule has 8 nitrogen and oxygen atoms in total. The van der Waals surface area contributed by atoms with E-state index in [2.05, 4.69) is 10.3 Å². The third kappa shape index (κ3) is 3.75. The lowest BCUT2D eigenvalue weighted by molar-refractivity contribution is 0.0994. The Bertz CT molecular complexity index is 1280. The Labute approximate surface area is 171 Å². The smallest absolute Gasteiger partial charge is 0.291 e. The molecule has 0 fully saturated rings. The number of anilines is 1. The first-order valence-corrected chi connectivity index (χ1v) is 9.15. The van der Waals surface area contributed by atoms with Crippen molar-refractivity contribution < 1.29 is 18.7 Å². The molecule has 4 rings (SSSR count). The van der Waals surface area contributed by atoms with Crippen LogP contribution in [0, 0.1) is 0 Å². The number of methoxy groups -OCH3 is 2. The van der Waals surface area contributed by atoms with Gasteiger partial charge in [-0.25, -0.2) is 4.98 Å². The lowest BCUT2D eigenvalue weighted by Crippen LogP contribution is -2.20. The van der Waals surface area contributed by atoms with Crippen LogP contribution in [0.5, 0.6) is 11.5 Å². The molecule has 0 aliphatic heterocycles. The van der Waals surface area contributed by atoms with Crippen molar-refractivity contribution in [3.63, 3.8) is 0 Å². The van der Waals surface area contributed by atoms with Gasteiger partial charge in [-0.1, -0.05) is 12.1 Å². The van der Waals surface area contributed by atoms with Crippen LogP contribution in [-0.4, -0.2) is 29.7 Å². The zero-order chi connectivity index (χ0) is 21.1. The normalized spacial score (nSPS) is 10.7. The monoisotopic (exact) mass is 405 g/mol. The van der Waals surface area contributed by atoms with E-state index in [1.54, 1.807) is 48.5 Å². The fraction of sp³-hybridized carbons (Fsp3) is 0.136. The summed E-state index contributed by atoms with van der Waals surface area (Å²) in [4.78, 5) is 29.5. The molecule has 4 aromatic rings. The Kier molecular flexibility index (Phi) is 5.21. The third-order valence-electron chi connectivity index (χ3n) is 4.60. The van der Waals surface area contributed by atoms with Crippen LogP contribution in [0.15, 0.2) is 70.1 Å². The van der Waals surface area contributed by atoms with Crippen molar-refractivity contribution in [2.75, 3.05) is 19.5 Å². The van der Waals surface area contributed by atoms with Gasteiger partial charge in [0.05, 0.1) is 43.7 Å². The molecule has 30 heavy (non-hydrogen) atoms. The summed E-state index contributed by atoms with van der Waals surface area (Å²) in [5.74, 6) is 1.18. The fourth-order valence-electron chi connectivity index (χ4n) is 3.07.